The van der Waals surface area contributed by atoms with E-state index in [9.17, 15) is 4.79 Å². The van der Waals surface area contributed by atoms with E-state index in [1.54, 1.807) is 6.92 Å². The Morgan fingerprint density at radius 3 is 2.57 bits per heavy atom. The SMILES string of the molecule is CCOCCOc1ccc(-c2n[nH]c(C(=O)O)c2C)cc1. The summed E-state index contributed by atoms with van der Waals surface area (Å²) in [5, 5.41) is 15.6. The lowest BCUT2D eigenvalue weighted by atomic mass is 10.1. The molecular formula is C15H18N2O4. The number of carbonyl (C=O) groups is 1. The van der Waals surface area contributed by atoms with E-state index in [-0.39, 0.29) is 5.69 Å². The number of nitrogens with zero attached hydrogens (tertiary/aromatic N) is 1. The van der Waals surface area contributed by atoms with Crippen LogP contribution < -0.4 is 4.74 Å². The van der Waals surface area contributed by atoms with Gasteiger partial charge in [0.25, 0.3) is 0 Å². The molecule has 0 aliphatic heterocycles. The second-order valence-electron chi connectivity index (χ2n) is 4.45. The maximum atomic E-state index is 11.0. The fourth-order valence-corrected chi connectivity index (χ4v) is 1.96. The molecule has 0 bridgehead atoms. The van der Waals surface area contributed by atoms with Gasteiger partial charge in [0.2, 0.25) is 0 Å². The summed E-state index contributed by atoms with van der Waals surface area (Å²) < 4.78 is 10.7. The van der Waals surface area contributed by atoms with Crippen LogP contribution in [0.5, 0.6) is 5.75 Å². The Labute approximate surface area is 122 Å². The second kappa shape index (κ2) is 6.90. The molecule has 0 atom stereocenters. The third-order valence-electron chi connectivity index (χ3n) is 3.05. The van der Waals surface area contributed by atoms with Gasteiger partial charge in [-0.15, -0.1) is 0 Å². The maximum absolute atomic E-state index is 11.0. The number of aromatic nitrogens is 2. The van der Waals surface area contributed by atoms with Gasteiger partial charge >= 0.3 is 5.97 Å². The summed E-state index contributed by atoms with van der Waals surface area (Å²) in [6.07, 6.45) is 0. The molecule has 0 radical (unpaired) electrons. The van der Waals surface area contributed by atoms with Crippen molar-refractivity contribution >= 4 is 5.97 Å². The molecule has 0 saturated carbocycles. The predicted molar refractivity (Wildman–Crippen MR) is 77.7 cm³/mol. The smallest absolute Gasteiger partial charge is 0.354 e. The Balaban J connectivity index is 2.07. The molecule has 1 aromatic heterocycles. The van der Waals surface area contributed by atoms with Gasteiger partial charge in [-0.3, -0.25) is 5.10 Å². The topological polar surface area (TPSA) is 84.4 Å². The molecule has 0 spiro atoms. The van der Waals surface area contributed by atoms with Crippen LogP contribution in [0.3, 0.4) is 0 Å². The van der Waals surface area contributed by atoms with E-state index < -0.39 is 5.97 Å². The summed E-state index contributed by atoms with van der Waals surface area (Å²) in [6.45, 7) is 5.39. The lowest BCUT2D eigenvalue weighted by Gasteiger charge is -2.07. The summed E-state index contributed by atoms with van der Waals surface area (Å²) in [6, 6.07) is 7.36. The van der Waals surface area contributed by atoms with Gasteiger partial charge in [-0.1, -0.05) is 0 Å². The number of H-pyrrole nitrogens is 1. The third kappa shape index (κ3) is 3.61. The normalized spacial score (nSPS) is 10.6. The Morgan fingerprint density at radius 2 is 2.00 bits per heavy atom. The maximum Gasteiger partial charge on any atom is 0.354 e. The number of hydrogen-bond donors (Lipinski definition) is 2. The van der Waals surface area contributed by atoms with Crippen LogP contribution in [-0.4, -0.2) is 41.1 Å². The van der Waals surface area contributed by atoms with Crippen molar-refractivity contribution in [3.8, 4) is 17.0 Å². The van der Waals surface area contributed by atoms with Crippen molar-refractivity contribution in [2.24, 2.45) is 0 Å². The Kier molecular flexibility index (Phi) is 4.94. The molecule has 1 heterocycles. The van der Waals surface area contributed by atoms with Gasteiger partial charge in [-0.2, -0.15) is 5.10 Å². The number of carboxylic acids is 1. The van der Waals surface area contributed by atoms with Gasteiger partial charge in [-0.25, -0.2) is 4.79 Å². The van der Waals surface area contributed by atoms with E-state index in [2.05, 4.69) is 10.2 Å². The summed E-state index contributed by atoms with van der Waals surface area (Å²) in [5.74, 6) is -0.271. The minimum atomic E-state index is -1.01. The van der Waals surface area contributed by atoms with E-state index in [1.165, 1.54) is 0 Å². The van der Waals surface area contributed by atoms with Crippen LogP contribution >= 0.6 is 0 Å². The van der Waals surface area contributed by atoms with Crippen LogP contribution in [0.15, 0.2) is 24.3 Å². The van der Waals surface area contributed by atoms with Gasteiger partial charge in [-0.05, 0) is 38.1 Å². The van der Waals surface area contributed by atoms with Gasteiger partial charge < -0.3 is 14.6 Å². The van der Waals surface area contributed by atoms with E-state index in [0.29, 0.717) is 31.1 Å². The van der Waals surface area contributed by atoms with Crippen molar-refractivity contribution in [3.63, 3.8) is 0 Å². The fourth-order valence-electron chi connectivity index (χ4n) is 1.96. The molecule has 0 aliphatic carbocycles. The highest BCUT2D eigenvalue weighted by atomic mass is 16.5. The average molecular weight is 290 g/mol. The molecule has 0 fully saturated rings. The molecule has 21 heavy (non-hydrogen) atoms. The molecule has 0 aliphatic rings. The standard InChI is InChI=1S/C15H18N2O4/c1-3-20-8-9-21-12-6-4-11(5-7-12)13-10(2)14(15(18)19)17-16-13/h4-7H,3,8-9H2,1-2H3,(H,16,17)(H,18,19). The molecular weight excluding hydrogens is 272 g/mol. The van der Waals surface area contributed by atoms with Gasteiger partial charge in [0.15, 0.2) is 0 Å². The number of nitrogens with one attached hydrogen (secondary N) is 1. The minimum Gasteiger partial charge on any atom is -0.491 e. The lowest BCUT2D eigenvalue weighted by molar-refractivity contribution is 0.0689. The summed E-state index contributed by atoms with van der Waals surface area (Å²) in [5.41, 5.74) is 2.20. The molecule has 0 amide bonds. The first-order chi connectivity index (χ1) is 10.1. The van der Waals surface area contributed by atoms with Crippen molar-refractivity contribution in [2.75, 3.05) is 19.8 Å². The Morgan fingerprint density at radius 1 is 1.29 bits per heavy atom. The highest BCUT2D eigenvalue weighted by Gasteiger charge is 2.15. The van der Waals surface area contributed by atoms with Crippen molar-refractivity contribution in [2.45, 2.75) is 13.8 Å². The van der Waals surface area contributed by atoms with Crippen molar-refractivity contribution in [1.82, 2.24) is 10.2 Å². The zero-order valence-corrected chi connectivity index (χ0v) is 12.0. The number of hydrogen-bond acceptors (Lipinski definition) is 4. The largest absolute Gasteiger partial charge is 0.491 e. The molecule has 6 heteroatoms. The number of aromatic amines is 1. The molecule has 6 nitrogen and oxygen atoms in total. The highest BCUT2D eigenvalue weighted by Crippen LogP contribution is 2.25. The van der Waals surface area contributed by atoms with E-state index in [1.807, 2.05) is 31.2 Å². The number of aromatic carboxylic acids is 1. The fraction of sp³-hybridized carbons (Fsp3) is 0.333. The zero-order chi connectivity index (χ0) is 15.2. The molecule has 2 aromatic rings. The average Bonchev–Trinajstić information content (AvgIpc) is 2.86. The lowest BCUT2D eigenvalue weighted by Crippen LogP contribution is -2.06. The third-order valence-corrected chi connectivity index (χ3v) is 3.05. The Hall–Kier alpha value is -2.34. The van der Waals surface area contributed by atoms with Crippen LogP contribution in [-0.2, 0) is 4.74 Å². The molecule has 0 unspecified atom stereocenters. The molecule has 112 valence electrons. The highest BCUT2D eigenvalue weighted by molar-refractivity contribution is 5.89. The van der Waals surface area contributed by atoms with Gasteiger partial charge in [0.05, 0.1) is 12.3 Å². The first kappa shape index (κ1) is 15.1. The summed E-state index contributed by atoms with van der Waals surface area (Å²) >= 11 is 0. The van der Waals surface area contributed by atoms with Crippen LogP contribution in [0.4, 0.5) is 0 Å². The summed E-state index contributed by atoms with van der Waals surface area (Å²) in [7, 11) is 0. The van der Waals surface area contributed by atoms with Crippen molar-refractivity contribution in [3.05, 3.63) is 35.5 Å². The molecule has 0 saturated heterocycles. The molecule has 2 rings (SSSR count). The first-order valence-corrected chi connectivity index (χ1v) is 6.72. The second-order valence-corrected chi connectivity index (χ2v) is 4.45. The van der Waals surface area contributed by atoms with Crippen LogP contribution in [0, 0.1) is 6.92 Å². The van der Waals surface area contributed by atoms with Crippen molar-refractivity contribution in [1.29, 1.82) is 0 Å². The van der Waals surface area contributed by atoms with E-state index in [4.69, 9.17) is 14.6 Å². The number of benzene rings is 1. The van der Waals surface area contributed by atoms with Crippen LogP contribution in [0.25, 0.3) is 11.3 Å². The number of carboxylic acid groups (broad SMARTS) is 1. The van der Waals surface area contributed by atoms with Gasteiger partial charge in [0.1, 0.15) is 18.1 Å². The van der Waals surface area contributed by atoms with Crippen LogP contribution in [0.2, 0.25) is 0 Å². The number of ether oxygens (including phenoxy) is 2. The quantitative estimate of drug-likeness (QED) is 0.765. The number of rotatable bonds is 7. The monoisotopic (exact) mass is 290 g/mol. The van der Waals surface area contributed by atoms with E-state index >= 15 is 0 Å². The van der Waals surface area contributed by atoms with Crippen LogP contribution in [0.1, 0.15) is 23.0 Å². The molecule has 2 N–H and O–H groups in total. The first-order valence-electron chi connectivity index (χ1n) is 6.72. The van der Waals surface area contributed by atoms with E-state index in [0.717, 1.165) is 11.3 Å². The Bertz CT molecular complexity index is 605. The molecule has 1 aromatic carbocycles. The van der Waals surface area contributed by atoms with Gasteiger partial charge in [0, 0.05) is 17.7 Å². The van der Waals surface area contributed by atoms with Crippen molar-refractivity contribution < 1.29 is 19.4 Å². The predicted octanol–water partition coefficient (Wildman–Crippen LogP) is 2.50. The zero-order valence-electron chi connectivity index (χ0n) is 12.0. The minimum absolute atomic E-state index is 0.113. The summed E-state index contributed by atoms with van der Waals surface area (Å²) in [4.78, 5) is 11.0.